The number of nitrogens with zero attached hydrogens (tertiary/aromatic N) is 1. The van der Waals surface area contributed by atoms with Gasteiger partial charge in [0, 0.05) is 25.7 Å². The molecule has 352 valence electrons. The molecule has 62 heavy (non-hydrogen) atoms. The normalized spacial score (nSPS) is 17.3. The van der Waals surface area contributed by atoms with Gasteiger partial charge in [-0.05, 0) is 89.2 Å². The van der Waals surface area contributed by atoms with Crippen molar-refractivity contribution in [1.82, 2.24) is 0 Å². The van der Waals surface area contributed by atoms with Gasteiger partial charge in [0.2, 0.25) is 0 Å². The van der Waals surface area contributed by atoms with Gasteiger partial charge in [-0.15, -0.1) is 0 Å². The van der Waals surface area contributed by atoms with Crippen LogP contribution in [0.25, 0.3) is 0 Å². The molecule has 1 fully saturated rings. The molecule has 1 aliphatic rings. The molecular weight excluding hydrogens is 806 g/mol. The van der Waals surface area contributed by atoms with Crippen LogP contribution in [0.2, 0.25) is 0 Å². The number of quaternary nitrogens is 1. The fourth-order valence-electron chi connectivity index (χ4n) is 6.65. The first-order valence-corrected chi connectivity index (χ1v) is 24.9. The minimum Gasteiger partial charge on any atom is -0.756 e. The molecule has 3 unspecified atom stereocenters. The number of ether oxygens (including phenoxy) is 3. The number of epoxide rings is 1. The van der Waals surface area contributed by atoms with Crippen molar-refractivity contribution in [3.05, 3.63) is 83.4 Å². The third kappa shape index (κ3) is 27.9. The molecule has 0 amide bonds. The number of aryl methyl sites for hydroxylation is 2. The summed E-state index contributed by atoms with van der Waals surface area (Å²) in [6, 6.07) is 0. The van der Waals surface area contributed by atoms with Gasteiger partial charge in [-0.3, -0.25) is 14.2 Å². The van der Waals surface area contributed by atoms with Gasteiger partial charge in [0.15, 0.2) is 6.10 Å². The fourth-order valence-corrected chi connectivity index (χ4v) is 7.38. The number of hydrogen-bond donors (Lipinski definition) is 0. The van der Waals surface area contributed by atoms with Crippen molar-refractivity contribution >= 4 is 19.8 Å². The Balaban J connectivity index is 1.64. The van der Waals surface area contributed by atoms with Crippen molar-refractivity contribution in [3.63, 3.8) is 0 Å². The van der Waals surface area contributed by atoms with Gasteiger partial charge in [-0.1, -0.05) is 113 Å². The molecule has 12 heteroatoms. The van der Waals surface area contributed by atoms with E-state index in [-0.39, 0.29) is 26.1 Å². The summed E-state index contributed by atoms with van der Waals surface area (Å²) in [4.78, 5) is 37.7. The van der Waals surface area contributed by atoms with Crippen LogP contribution in [0.1, 0.15) is 152 Å². The van der Waals surface area contributed by atoms with Crippen LogP contribution in [0.4, 0.5) is 0 Å². The smallest absolute Gasteiger partial charge is 0.306 e. The molecule has 0 saturated carbocycles. The minimum absolute atomic E-state index is 0.0558. The maximum atomic E-state index is 12.7. The van der Waals surface area contributed by atoms with E-state index >= 15 is 0 Å². The standard InChI is InChI=1S/C50H82NO10P/c1-8-10-27-34-47-48(61-47)35-29-24-20-15-13-11-12-14-16-22-26-31-37-50(53)59-44(41-58-62(54,55)57-39-38-51(5,6)7)40-56-49(52)36-30-25-21-18-17-19-23-28-33-46-43(4)42(3)45(60-46)32-9-2/h10,12-15,22,24,26-27,29,44,47-48H,8-9,11,16-21,23,25,28,30-41H2,1-7H3/b14-12-,15-13-,26-22-,27-10-,29-24-/t44-,47?,48?/m1/s1. The zero-order valence-corrected chi connectivity index (χ0v) is 40.3. The second-order valence-corrected chi connectivity index (χ2v) is 18.8. The quantitative estimate of drug-likeness (QED) is 0.0159. The second kappa shape index (κ2) is 32.6. The number of rotatable bonds is 37. The van der Waals surface area contributed by atoms with Gasteiger partial charge in [-0.25, -0.2) is 0 Å². The van der Waals surface area contributed by atoms with Crippen LogP contribution in [-0.4, -0.2) is 82.2 Å². The van der Waals surface area contributed by atoms with Crippen LogP contribution in [-0.2, 0) is 50.3 Å². The summed E-state index contributed by atoms with van der Waals surface area (Å²) in [5, 5.41) is 0. The molecule has 1 saturated heterocycles. The van der Waals surface area contributed by atoms with Gasteiger partial charge >= 0.3 is 11.9 Å². The topological polar surface area (TPSA) is 137 Å². The van der Waals surface area contributed by atoms with Crippen LogP contribution in [0.3, 0.4) is 0 Å². The Labute approximate surface area is 375 Å². The van der Waals surface area contributed by atoms with E-state index in [0.717, 1.165) is 101 Å². The lowest BCUT2D eigenvalue weighted by molar-refractivity contribution is -0.870. The molecule has 0 spiro atoms. The van der Waals surface area contributed by atoms with Crippen LogP contribution in [0.5, 0.6) is 0 Å². The van der Waals surface area contributed by atoms with E-state index in [4.69, 9.17) is 27.7 Å². The maximum Gasteiger partial charge on any atom is 0.306 e. The number of furan rings is 1. The van der Waals surface area contributed by atoms with E-state index in [0.29, 0.717) is 36.1 Å². The van der Waals surface area contributed by atoms with Gasteiger partial charge in [0.05, 0.1) is 40.0 Å². The number of carbonyl (C=O) groups is 2. The monoisotopic (exact) mass is 888 g/mol. The fraction of sp³-hybridized carbons (Fsp3) is 0.680. The van der Waals surface area contributed by atoms with Crippen LogP contribution in [0, 0.1) is 13.8 Å². The van der Waals surface area contributed by atoms with Crippen molar-refractivity contribution in [1.29, 1.82) is 0 Å². The number of allylic oxidation sites excluding steroid dienone is 8. The summed E-state index contributed by atoms with van der Waals surface area (Å²) in [6.07, 6.45) is 38.7. The molecule has 1 aromatic heterocycles. The van der Waals surface area contributed by atoms with Gasteiger partial charge in [-0.2, -0.15) is 0 Å². The summed E-state index contributed by atoms with van der Waals surface area (Å²) in [7, 11) is 1.08. The third-order valence-corrected chi connectivity index (χ3v) is 11.6. The molecule has 0 N–H and O–H groups in total. The molecule has 4 atom stereocenters. The predicted molar refractivity (Wildman–Crippen MR) is 248 cm³/mol. The molecule has 11 nitrogen and oxygen atoms in total. The van der Waals surface area contributed by atoms with Crippen LogP contribution in [0.15, 0.2) is 65.2 Å². The van der Waals surface area contributed by atoms with Gasteiger partial charge in [0.1, 0.15) is 31.3 Å². The number of unbranched alkanes of at least 4 members (excludes halogenated alkanes) is 7. The SMILES string of the molecule is CC/C=C\CC1OC1C/C=C\C/C=C\C/C=C\C/C=C\CCC(=O)O[C@H](COC(=O)CCCCCCCCCCc1oc(CCC)c(C)c1C)COP(=O)([O-])OCC[N+](C)(C)C. The Morgan fingerprint density at radius 2 is 1.24 bits per heavy atom. The molecule has 1 aromatic rings. The predicted octanol–water partition coefficient (Wildman–Crippen LogP) is 11.3. The number of phosphoric ester groups is 1. The summed E-state index contributed by atoms with van der Waals surface area (Å²) >= 11 is 0. The lowest BCUT2D eigenvalue weighted by Gasteiger charge is -2.28. The highest BCUT2D eigenvalue weighted by molar-refractivity contribution is 7.45. The number of likely N-dealkylation sites (N-methyl/N-ethyl adjacent to an activating group) is 1. The number of carbonyl (C=O) groups excluding carboxylic acids is 2. The number of hydrogen-bond acceptors (Lipinski definition) is 10. The van der Waals surface area contributed by atoms with E-state index < -0.39 is 32.5 Å². The van der Waals surface area contributed by atoms with Crippen LogP contribution < -0.4 is 4.89 Å². The Kier molecular flexibility index (Phi) is 28.9. The highest BCUT2D eigenvalue weighted by Gasteiger charge is 2.36. The van der Waals surface area contributed by atoms with Gasteiger partial charge < -0.3 is 37.1 Å². The lowest BCUT2D eigenvalue weighted by Crippen LogP contribution is -2.37. The average Bonchev–Trinajstić information content (AvgIpc) is 3.92. The van der Waals surface area contributed by atoms with Crippen LogP contribution >= 0.6 is 7.82 Å². The Hall–Kier alpha value is -3.05. The Morgan fingerprint density at radius 1 is 0.694 bits per heavy atom. The largest absolute Gasteiger partial charge is 0.756 e. The van der Waals surface area contributed by atoms with E-state index in [2.05, 4.69) is 76.3 Å². The Morgan fingerprint density at radius 3 is 1.84 bits per heavy atom. The molecule has 1 aliphatic heterocycles. The number of phosphoric acid groups is 1. The summed E-state index contributed by atoms with van der Waals surface area (Å²) in [5.41, 5.74) is 2.62. The third-order valence-electron chi connectivity index (χ3n) is 10.6. The molecule has 0 aromatic carbocycles. The molecule has 0 aliphatic carbocycles. The molecule has 2 heterocycles. The molecule has 0 radical (unpaired) electrons. The second-order valence-electron chi connectivity index (χ2n) is 17.4. The first-order valence-electron chi connectivity index (χ1n) is 23.5. The van der Waals surface area contributed by atoms with Crippen molar-refractivity contribution in [2.45, 2.75) is 174 Å². The molecule has 2 rings (SSSR count). The van der Waals surface area contributed by atoms with Crippen molar-refractivity contribution in [2.24, 2.45) is 0 Å². The van der Waals surface area contributed by atoms with E-state index in [1.54, 1.807) is 0 Å². The highest BCUT2D eigenvalue weighted by Crippen LogP contribution is 2.38. The van der Waals surface area contributed by atoms with E-state index in [1.165, 1.54) is 24.0 Å². The van der Waals surface area contributed by atoms with Crippen molar-refractivity contribution in [3.8, 4) is 0 Å². The maximum absolute atomic E-state index is 12.7. The highest BCUT2D eigenvalue weighted by atomic mass is 31.2. The minimum atomic E-state index is -4.67. The summed E-state index contributed by atoms with van der Waals surface area (Å²) < 4.78 is 45.7. The first-order chi connectivity index (χ1) is 29.7. The lowest BCUT2D eigenvalue weighted by atomic mass is 10.0. The first kappa shape index (κ1) is 55.1. The summed E-state index contributed by atoms with van der Waals surface area (Å²) in [6.45, 7) is 8.22. The van der Waals surface area contributed by atoms with Gasteiger partial charge in [0.25, 0.3) is 7.82 Å². The zero-order chi connectivity index (χ0) is 45.5. The zero-order valence-electron chi connectivity index (χ0n) is 39.5. The van der Waals surface area contributed by atoms with E-state index in [9.17, 15) is 19.0 Å². The summed E-state index contributed by atoms with van der Waals surface area (Å²) in [5.74, 6) is 1.32. The van der Waals surface area contributed by atoms with Crippen molar-refractivity contribution < 1.29 is 51.2 Å². The average molecular weight is 888 g/mol. The molecule has 0 bridgehead atoms. The number of esters is 2. The van der Waals surface area contributed by atoms with E-state index in [1.807, 2.05) is 33.3 Å². The Bertz CT molecular complexity index is 1590. The van der Waals surface area contributed by atoms with Crippen molar-refractivity contribution in [2.75, 3.05) is 47.5 Å². The molecular formula is C50H82NO10P.